The van der Waals surface area contributed by atoms with Gasteiger partial charge in [0.05, 0.1) is 11.0 Å². The van der Waals surface area contributed by atoms with E-state index in [9.17, 15) is 0 Å². The van der Waals surface area contributed by atoms with Crippen molar-refractivity contribution in [1.82, 2.24) is 14.5 Å². The lowest BCUT2D eigenvalue weighted by Crippen LogP contribution is -2.73. The molecule has 3 nitrogen and oxygen atoms in total. The normalized spacial score (nSPS) is 17.4. The minimum atomic E-state index is -2.83. The van der Waals surface area contributed by atoms with Crippen LogP contribution in [0.5, 0.6) is 0 Å². The van der Waals surface area contributed by atoms with Gasteiger partial charge in [0.1, 0.15) is 11.0 Å². The molecule has 9 aromatic rings. The molecule has 1 unspecified atom stereocenters. The van der Waals surface area contributed by atoms with Crippen molar-refractivity contribution >= 4 is 80.4 Å². The number of rotatable bonds is 5. The fourth-order valence-corrected chi connectivity index (χ4v) is 20.7. The van der Waals surface area contributed by atoms with E-state index >= 15 is 0 Å². The van der Waals surface area contributed by atoms with E-state index in [1.54, 1.807) is 0 Å². The Labute approximate surface area is 334 Å². The molecule has 268 valence electrons. The number of nitrogens with zero attached hydrogens (tertiary/aromatic N) is 3. The van der Waals surface area contributed by atoms with E-state index in [-0.39, 0.29) is 0 Å². The predicted octanol–water partition coefficient (Wildman–Crippen LogP) is 7.06. The third-order valence-corrected chi connectivity index (χ3v) is 22.3. The maximum Gasteiger partial charge on any atom is 0.203 e. The molecule has 0 bridgehead atoms. The van der Waals surface area contributed by atoms with Crippen LogP contribution in [-0.4, -0.2) is 30.7 Å². The van der Waals surface area contributed by atoms with Gasteiger partial charge in [0.2, 0.25) is 16.1 Å². The number of hydrogen-bond donors (Lipinski definition) is 0. The summed E-state index contributed by atoms with van der Waals surface area (Å²) < 4.78 is 2.37. The second-order valence-corrected chi connectivity index (χ2v) is 22.8. The molecule has 57 heavy (non-hydrogen) atoms. The Morgan fingerprint density at radius 2 is 0.877 bits per heavy atom. The van der Waals surface area contributed by atoms with Gasteiger partial charge in [-0.25, -0.2) is 0 Å². The summed E-state index contributed by atoms with van der Waals surface area (Å²) in [7, 11) is -5.62. The fraction of sp³-hybridized carbons (Fsp3) is 0.0385. The zero-order chi connectivity index (χ0) is 37.6. The second kappa shape index (κ2) is 12.4. The summed E-state index contributed by atoms with van der Waals surface area (Å²) in [5.41, 5.74) is 10.7. The van der Waals surface area contributed by atoms with Crippen LogP contribution in [0.3, 0.4) is 0 Å². The summed E-state index contributed by atoms with van der Waals surface area (Å²) in [5, 5.41) is 10.7. The van der Waals surface area contributed by atoms with Crippen molar-refractivity contribution in [2.45, 2.75) is 12.8 Å². The van der Waals surface area contributed by atoms with Crippen molar-refractivity contribution in [2.24, 2.45) is 0 Å². The highest BCUT2D eigenvalue weighted by molar-refractivity contribution is 7.22. The fourth-order valence-electron chi connectivity index (χ4n) is 10.6. The number of para-hydroxylation sites is 1. The minimum Gasteiger partial charge on any atom is -0.306 e. The SMILES string of the molecule is C1=CC2=C(CC1)c1ccccc1[Si]2(c1ccccc1)c1ccc2c(n1)c1nc([Si]3(c4ccccc4)c4ccccc4-c4ccccc43)ccc1n2-c1ccccc1. The van der Waals surface area contributed by atoms with Crippen LogP contribution in [-0.2, 0) is 0 Å². The van der Waals surface area contributed by atoms with Gasteiger partial charge in [-0.1, -0.05) is 164 Å². The summed E-state index contributed by atoms with van der Waals surface area (Å²) in [6.07, 6.45) is 6.95. The Morgan fingerprint density at radius 3 is 1.46 bits per heavy atom. The molecule has 3 aromatic heterocycles. The van der Waals surface area contributed by atoms with Crippen molar-refractivity contribution in [1.29, 1.82) is 0 Å². The number of allylic oxidation sites excluding steroid dienone is 4. The molecule has 3 aliphatic rings. The van der Waals surface area contributed by atoms with Gasteiger partial charge >= 0.3 is 0 Å². The molecule has 0 amide bonds. The number of fused-ring (bicyclic) bond motifs is 8. The number of benzene rings is 6. The molecule has 2 aliphatic heterocycles. The molecular weight excluding hydrogens is 723 g/mol. The summed E-state index contributed by atoms with van der Waals surface area (Å²) >= 11 is 0. The standard InChI is InChI=1S/C52H37N3Si2/c1-4-18-36(19-5-1)55-43-32-34-49(56(37-20-6-2-7-21-37)45-28-14-10-24-39(45)40-25-11-15-29-46(40)56)53-51(43)52-44(55)33-35-50(54-52)57(38-22-8-3-9-23-38)47-30-16-12-26-41(47)42-27-13-17-31-48(42)57/h1-12,14-26,28-35H,13,27H2. The van der Waals surface area contributed by atoms with E-state index in [0.717, 1.165) is 51.2 Å². The van der Waals surface area contributed by atoms with E-state index in [1.165, 1.54) is 53.4 Å². The first-order valence-corrected chi connectivity index (χ1v) is 24.0. The average Bonchev–Trinajstić information content (AvgIpc) is 3.90. The first-order valence-electron chi connectivity index (χ1n) is 20.0. The van der Waals surface area contributed by atoms with Gasteiger partial charge in [-0.15, -0.1) is 0 Å². The molecular formula is C52H37N3Si2. The number of hydrogen-bond acceptors (Lipinski definition) is 2. The molecule has 5 heterocycles. The van der Waals surface area contributed by atoms with Crippen molar-refractivity contribution in [3.8, 4) is 16.8 Å². The smallest absolute Gasteiger partial charge is 0.203 e. The van der Waals surface area contributed by atoms with Crippen LogP contribution in [0.2, 0.25) is 0 Å². The first-order chi connectivity index (χ1) is 28.3. The molecule has 6 aromatic carbocycles. The molecule has 0 saturated heterocycles. The predicted molar refractivity (Wildman–Crippen MR) is 242 cm³/mol. The lowest BCUT2D eigenvalue weighted by Gasteiger charge is -2.31. The average molecular weight is 760 g/mol. The van der Waals surface area contributed by atoms with Crippen molar-refractivity contribution in [3.05, 3.63) is 211 Å². The highest BCUT2D eigenvalue weighted by Gasteiger charge is 2.52. The van der Waals surface area contributed by atoms with Crippen LogP contribution in [0.4, 0.5) is 0 Å². The first kappa shape index (κ1) is 32.6. The van der Waals surface area contributed by atoms with Crippen molar-refractivity contribution < 1.29 is 0 Å². The molecule has 1 atom stereocenters. The van der Waals surface area contributed by atoms with Crippen LogP contribution >= 0.6 is 0 Å². The molecule has 0 fully saturated rings. The summed E-state index contributed by atoms with van der Waals surface area (Å²) in [6, 6.07) is 69.7. The van der Waals surface area contributed by atoms with E-state index in [1.807, 2.05) is 0 Å². The van der Waals surface area contributed by atoms with Gasteiger partial charge in [-0.3, -0.25) is 9.97 Å². The molecule has 0 spiro atoms. The number of pyridine rings is 2. The van der Waals surface area contributed by atoms with Crippen LogP contribution < -0.4 is 36.6 Å². The quantitative estimate of drug-likeness (QED) is 0.176. The highest BCUT2D eigenvalue weighted by atomic mass is 28.3. The van der Waals surface area contributed by atoms with Gasteiger partial charge in [-0.05, 0) is 103 Å². The Kier molecular flexibility index (Phi) is 7.10. The van der Waals surface area contributed by atoms with Crippen LogP contribution in [0.15, 0.2) is 205 Å². The Hall–Kier alpha value is -6.67. The number of aromatic nitrogens is 3. The lowest BCUT2D eigenvalue weighted by atomic mass is 9.98. The minimum absolute atomic E-state index is 0.953. The summed E-state index contributed by atoms with van der Waals surface area (Å²) in [4.78, 5) is 11.9. The monoisotopic (exact) mass is 759 g/mol. The second-order valence-electron chi connectivity index (χ2n) is 15.5. The van der Waals surface area contributed by atoms with Gasteiger partial charge in [-0.2, -0.15) is 0 Å². The lowest BCUT2D eigenvalue weighted by molar-refractivity contribution is 1.05. The molecule has 1 aliphatic carbocycles. The zero-order valence-corrected chi connectivity index (χ0v) is 33.3. The summed E-state index contributed by atoms with van der Waals surface area (Å²) in [5.74, 6) is 0. The third kappa shape index (κ3) is 4.35. The molecule has 0 N–H and O–H groups in total. The van der Waals surface area contributed by atoms with Gasteiger partial charge in [0.15, 0.2) is 0 Å². The van der Waals surface area contributed by atoms with Gasteiger partial charge in [0.25, 0.3) is 0 Å². The van der Waals surface area contributed by atoms with Crippen LogP contribution in [0.1, 0.15) is 18.4 Å². The summed E-state index contributed by atoms with van der Waals surface area (Å²) in [6.45, 7) is 0. The van der Waals surface area contributed by atoms with E-state index < -0.39 is 16.1 Å². The highest BCUT2D eigenvalue weighted by Crippen LogP contribution is 2.40. The molecule has 5 heteroatoms. The van der Waals surface area contributed by atoms with Crippen LogP contribution in [0.25, 0.3) is 44.5 Å². The van der Waals surface area contributed by atoms with E-state index in [0.29, 0.717) is 0 Å². The molecule has 12 rings (SSSR count). The van der Waals surface area contributed by atoms with E-state index in [2.05, 4.69) is 205 Å². The topological polar surface area (TPSA) is 30.7 Å². The molecule has 0 saturated carbocycles. The Balaban J connectivity index is 1.20. The largest absolute Gasteiger partial charge is 0.306 e. The molecule has 0 radical (unpaired) electrons. The zero-order valence-electron chi connectivity index (χ0n) is 31.3. The maximum atomic E-state index is 5.95. The van der Waals surface area contributed by atoms with Crippen molar-refractivity contribution in [3.63, 3.8) is 0 Å². The maximum absolute atomic E-state index is 5.95. The third-order valence-electron chi connectivity index (χ3n) is 12.8. The van der Waals surface area contributed by atoms with Crippen molar-refractivity contribution in [2.75, 3.05) is 0 Å². The Bertz CT molecular complexity index is 3080. The van der Waals surface area contributed by atoms with Gasteiger partial charge < -0.3 is 4.57 Å². The Morgan fingerprint density at radius 1 is 0.421 bits per heavy atom. The van der Waals surface area contributed by atoms with Gasteiger partial charge in [0, 0.05) is 16.3 Å². The van der Waals surface area contributed by atoms with E-state index in [4.69, 9.17) is 9.97 Å². The van der Waals surface area contributed by atoms with Crippen LogP contribution in [0, 0.1) is 0 Å².